The lowest BCUT2D eigenvalue weighted by Gasteiger charge is -2.12. The summed E-state index contributed by atoms with van der Waals surface area (Å²) in [5.74, 6) is -1.66. The molecule has 1 rings (SSSR count). The quantitative estimate of drug-likeness (QED) is 0.722. The molecule has 1 atom stereocenters. The lowest BCUT2D eigenvalue weighted by atomic mass is 10.1. The molecule has 3 N–H and O–H groups in total. The molecule has 1 aromatic carbocycles. The molecule has 0 spiro atoms. The van der Waals surface area contributed by atoms with Crippen LogP contribution in [0.2, 0.25) is 0 Å². The average molecular weight is 302 g/mol. The highest BCUT2D eigenvalue weighted by Gasteiger charge is 2.15. The molecule has 0 saturated carbocycles. The number of carbonyl (C=O) groups is 2. The number of carbonyl (C=O) groups excluding carboxylic acids is 1. The summed E-state index contributed by atoms with van der Waals surface area (Å²) < 4.78 is 28.1. The van der Waals surface area contributed by atoms with E-state index in [1.54, 1.807) is 6.92 Å². The van der Waals surface area contributed by atoms with E-state index < -0.39 is 24.5 Å². The predicted molar refractivity (Wildman–Crippen MR) is 71.5 cm³/mol. The molecule has 0 aromatic heterocycles. The van der Waals surface area contributed by atoms with E-state index in [0.29, 0.717) is 12.1 Å². The van der Waals surface area contributed by atoms with Crippen molar-refractivity contribution in [3.63, 3.8) is 0 Å². The molecule has 6 nitrogen and oxygen atoms in total. The number of benzene rings is 1. The van der Waals surface area contributed by atoms with Gasteiger partial charge in [0.15, 0.2) is 0 Å². The van der Waals surface area contributed by atoms with Crippen LogP contribution >= 0.6 is 0 Å². The third kappa shape index (κ3) is 6.07. The van der Waals surface area contributed by atoms with Crippen LogP contribution in [0.3, 0.4) is 0 Å². The van der Waals surface area contributed by atoms with Gasteiger partial charge in [-0.3, -0.25) is 4.79 Å². The maximum atomic E-state index is 12.0. The highest BCUT2D eigenvalue weighted by Crippen LogP contribution is 2.17. The molecule has 1 unspecified atom stereocenters. The number of rotatable bonds is 7. The molecule has 0 bridgehead atoms. The summed E-state index contributed by atoms with van der Waals surface area (Å²) in [6.07, 6.45) is 0.398. The molecule has 1 aromatic rings. The molecule has 0 heterocycles. The summed E-state index contributed by atoms with van der Waals surface area (Å²) in [5, 5.41) is 13.7. The molecule has 0 saturated heterocycles. The van der Waals surface area contributed by atoms with Crippen molar-refractivity contribution in [2.24, 2.45) is 5.92 Å². The number of hydrogen-bond acceptors (Lipinski definition) is 3. The standard InChI is InChI=1S/C13H16F2N2O4/c1-2-8(11(18)19)7-16-13(20)17-9-3-5-10(6-4-9)21-12(14)15/h3-6,8,12H,2,7H2,1H3,(H,18,19)(H2,16,17,20). The molecule has 0 aliphatic rings. The summed E-state index contributed by atoms with van der Waals surface area (Å²) in [4.78, 5) is 22.3. The topological polar surface area (TPSA) is 87.7 Å². The van der Waals surface area contributed by atoms with E-state index >= 15 is 0 Å². The van der Waals surface area contributed by atoms with Gasteiger partial charge in [0.05, 0.1) is 5.92 Å². The second-order valence-corrected chi connectivity index (χ2v) is 4.18. The molecule has 21 heavy (non-hydrogen) atoms. The summed E-state index contributed by atoms with van der Waals surface area (Å²) >= 11 is 0. The molecule has 2 amide bonds. The summed E-state index contributed by atoms with van der Waals surface area (Å²) in [7, 11) is 0. The Morgan fingerprint density at radius 3 is 2.38 bits per heavy atom. The zero-order valence-corrected chi connectivity index (χ0v) is 11.3. The number of aliphatic carboxylic acids is 1. The second kappa shape index (κ2) is 8.03. The Balaban J connectivity index is 2.46. The molecule has 116 valence electrons. The lowest BCUT2D eigenvalue weighted by molar-refractivity contribution is -0.141. The number of carboxylic acid groups (broad SMARTS) is 1. The number of alkyl halides is 2. The first kappa shape index (κ1) is 16.7. The first-order chi connectivity index (χ1) is 9.92. The number of ether oxygens (including phenoxy) is 1. The smallest absolute Gasteiger partial charge is 0.387 e. The van der Waals surface area contributed by atoms with Crippen LogP contribution in [0.25, 0.3) is 0 Å². The van der Waals surface area contributed by atoms with E-state index in [0.717, 1.165) is 0 Å². The van der Waals surface area contributed by atoms with E-state index in [1.165, 1.54) is 24.3 Å². The minimum absolute atomic E-state index is 0.00421. The third-order valence-electron chi connectivity index (χ3n) is 2.69. The van der Waals surface area contributed by atoms with Crippen molar-refractivity contribution in [3.05, 3.63) is 24.3 Å². The molecular formula is C13H16F2N2O4. The number of urea groups is 1. The Bertz CT molecular complexity index is 480. The fraction of sp³-hybridized carbons (Fsp3) is 0.385. The normalized spacial score (nSPS) is 11.8. The first-order valence-corrected chi connectivity index (χ1v) is 6.25. The van der Waals surface area contributed by atoms with Gasteiger partial charge in [0, 0.05) is 12.2 Å². The van der Waals surface area contributed by atoms with Crippen LogP contribution in [0, 0.1) is 5.92 Å². The number of nitrogens with one attached hydrogen (secondary N) is 2. The molecule has 0 fully saturated rings. The van der Waals surface area contributed by atoms with Crippen LogP contribution in [-0.2, 0) is 4.79 Å². The minimum Gasteiger partial charge on any atom is -0.481 e. The molecule has 8 heteroatoms. The number of halogens is 2. The van der Waals surface area contributed by atoms with Gasteiger partial charge in [-0.25, -0.2) is 4.79 Å². The molecular weight excluding hydrogens is 286 g/mol. The highest BCUT2D eigenvalue weighted by atomic mass is 19.3. The fourth-order valence-corrected chi connectivity index (χ4v) is 1.52. The van der Waals surface area contributed by atoms with Gasteiger partial charge < -0.3 is 20.5 Å². The van der Waals surface area contributed by atoms with Crippen molar-refractivity contribution in [2.45, 2.75) is 20.0 Å². The zero-order valence-electron chi connectivity index (χ0n) is 11.3. The van der Waals surface area contributed by atoms with Crippen molar-refractivity contribution >= 4 is 17.7 Å². The summed E-state index contributed by atoms with van der Waals surface area (Å²) in [5.41, 5.74) is 0.373. The van der Waals surface area contributed by atoms with E-state index in [9.17, 15) is 18.4 Å². The summed E-state index contributed by atoms with van der Waals surface area (Å²) in [6, 6.07) is 4.79. The van der Waals surface area contributed by atoms with Gasteiger partial charge in [-0.15, -0.1) is 0 Å². The maximum absolute atomic E-state index is 12.0. The average Bonchev–Trinajstić information content (AvgIpc) is 2.40. The zero-order chi connectivity index (χ0) is 15.8. The minimum atomic E-state index is -2.91. The Kier molecular flexibility index (Phi) is 6.38. The van der Waals surface area contributed by atoms with Crippen LogP contribution < -0.4 is 15.4 Å². The van der Waals surface area contributed by atoms with Gasteiger partial charge in [-0.1, -0.05) is 6.92 Å². The van der Waals surface area contributed by atoms with E-state index in [1.807, 2.05) is 0 Å². The van der Waals surface area contributed by atoms with Crippen LogP contribution in [0.4, 0.5) is 19.3 Å². The van der Waals surface area contributed by atoms with Crippen molar-refractivity contribution in [3.8, 4) is 5.75 Å². The lowest BCUT2D eigenvalue weighted by Crippen LogP contribution is -2.35. The number of anilines is 1. The number of hydrogen-bond donors (Lipinski definition) is 3. The largest absolute Gasteiger partial charge is 0.481 e. The van der Waals surface area contributed by atoms with Gasteiger partial charge >= 0.3 is 18.6 Å². The van der Waals surface area contributed by atoms with Crippen LogP contribution in [0.15, 0.2) is 24.3 Å². The van der Waals surface area contributed by atoms with Crippen molar-refractivity contribution in [1.82, 2.24) is 5.32 Å². The third-order valence-corrected chi connectivity index (χ3v) is 2.69. The number of carboxylic acids is 1. The van der Waals surface area contributed by atoms with Gasteiger partial charge in [-0.2, -0.15) is 8.78 Å². The van der Waals surface area contributed by atoms with Gasteiger partial charge in [0.25, 0.3) is 0 Å². The Morgan fingerprint density at radius 1 is 1.29 bits per heavy atom. The summed E-state index contributed by atoms with van der Waals surface area (Å²) in [6.45, 7) is -1.20. The van der Waals surface area contributed by atoms with Crippen molar-refractivity contribution in [1.29, 1.82) is 0 Å². The second-order valence-electron chi connectivity index (χ2n) is 4.18. The highest BCUT2D eigenvalue weighted by molar-refractivity contribution is 5.89. The van der Waals surface area contributed by atoms with Gasteiger partial charge in [0.2, 0.25) is 0 Å². The van der Waals surface area contributed by atoms with Crippen molar-refractivity contribution in [2.75, 3.05) is 11.9 Å². The van der Waals surface area contributed by atoms with E-state index in [-0.39, 0.29) is 12.3 Å². The SMILES string of the molecule is CCC(CNC(=O)Nc1ccc(OC(F)F)cc1)C(=O)O. The Hall–Kier alpha value is -2.38. The molecule has 0 aliphatic heterocycles. The van der Waals surface area contributed by atoms with Gasteiger partial charge in [-0.05, 0) is 30.7 Å². The number of amides is 2. The van der Waals surface area contributed by atoms with E-state index in [4.69, 9.17) is 5.11 Å². The van der Waals surface area contributed by atoms with Gasteiger partial charge in [0.1, 0.15) is 5.75 Å². The Morgan fingerprint density at radius 2 is 1.90 bits per heavy atom. The van der Waals surface area contributed by atoms with Crippen LogP contribution in [-0.4, -0.2) is 30.3 Å². The van der Waals surface area contributed by atoms with Crippen LogP contribution in [0.1, 0.15) is 13.3 Å². The van der Waals surface area contributed by atoms with Crippen LogP contribution in [0.5, 0.6) is 5.75 Å². The molecule has 0 aliphatic carbocycles. The monoisotopic (exact) mass is 302 g/mol. The molecule has 0 radical (unpaired) electrons. The fourth-order valence-electron chi connectivity index (χ4n) is 1.52. The predicted octanol–water partition coefficient (Wildman–Crippen LogP) is 2.52. The maximum Gasteiger partial charge on any atom is 0.387 e. The Labute approximate surface area is 120 Å². The van der Waals surface area contributed by atoms with E-state index in [2.05, 4.69) is 15.4 Å². The van der Waals surface area contributed by atoms with Crippen molar-refractivity contribution < 1.29 is 28.2 Å². The first-order valence-electron chi connectivity index (χ1n) is 6.25.